The number of nitrogens with one attached hydrogen (secondary N) is 1. The fraction of sp³-hybridized carbons (Fsp3) is 0.394. The summed E-state index contributed by atoms with van der Waals surface area (Å²) in [5, 5.41) is 14.3. The van der Waals surface area contributed by atoms with Crippen molar-refractivity contribution in [3.8, 4) is 11.5 Å². The van der Waals surface area contributed by atoms with Crippen LogP contribution in [0.15, 0.2) is 66.7 Å². The maximum atomic E-state index is 13.1. The van der Waals surface area contributed by atoms with Crippen LogP contribution in [-0.2, 0) is 24.9 Å². The predicted molar refractivity (Wildman–Crippen MR) is 146 cm³/mol. The van der Waals surface area contributed by atoms with Gasteiger partial charge in [-0.15, -0.1) is 0 Å². The topological polar surface area (TPSA) is 57.7 Å². The lowest BCUT2D eigenvalue weighted by molar-refractivity contribution is -0.173. The molecule has 4 aromatic rings. The number of benzene rings is 3. The van der Waals surface area contributed by atoms with Gasteiger partial charge in [-0.25, -0.2) is 0 Å². The first kappa shape index (κ1) is 21.6. The average molecular weight is 505 g/mol. The summed E-state index contributed by atoms with van der Waals surface area (Å²) < 4.78 is 13.4. The molecule has 3 aliphatic carbocycles. The summed E-state index contributed by atoms with van der Waals surface area (Å²) in [6.07, 6.45) is 4.83. The third-order valence-corrected chi connectivity index (χ3v) is 10.3. The number of likely N-dealkylation sites (tertiary alicyclic amines) is 1. The van der Waals surface area contributed by atoms with Gasteiger partial charge in [0.1, 0.15) is 6.61 Å². The Kier molecular flexibility index (Phi) is 4.23. The van der Waals surface area contributed by atoms with Crippen LogP contribution in [0, 0.1) is 5.92 Å². The maximum absolute atomic E-state index is 13.1. The second-order valence-corrected chi connectivity index (χ2v) is 12.2. The van der Waals surface area contributed by atoms with Crippen LogP contribution in [0.5, 0.6) is 11.5 Å². The van der Waals surface area contributed by atoms with Crippen LogP contribution < -0.4 is 9.47 Å². The third-order valence-electron chi connectivity index (χ3n) is 10.3. The molecule has 1 unspecified atom stereocenters. The molecule has 38 heavy (non-hydrogen) atoms. The van der Waals surface area contributed by atoms with Crippen molar-refractivity contribution in [3.63, 3.8) is 0 Å². The van der Waals surface area contributed by atoms with Crippen molar-refractivity contribution < 1.29 is 14.6 Å². The fourth-order valence-corrected chi connectivity index (χ4v) is 8.41. The Morgan fingerprint density at radius 3 is 2.74 bits per heavy atom. The third kappa shape index (κ3) is 2.69. The Morgan fingerprint density at radius 2 is 1.87 bits per heavy atom. The van der Waals surface area contributed by atoms with Crippen LogP contribution >= 0.6 is 0 Å². The minimum absolute atomic E-state index is 0.0966. The van der Waals surface area contributed by atoms with Crippen molar-refractivity contribution in [2.24, 2.45) is 5.92 Å². The number of ether oxygens (including phenoxy) is 2. The smallest absolute Gasteiger partial charge is 0.166 e. The number of piperidine rings is 1. The molecule has 3 heterocycles. The van der Waals surface area contributed by atoms with Gasteiger partial charge in [-0.05, 0) is 67.0 Å². The van der Waals surface area contributed by atoms with Crippen LogP contribution in [0.4, 0.5) is 0 Å². The van der Waals surface area contributed by atoms with Gasteiger partial charge >= 0.3 is 0 Å². The van der Waals surface area contributed by atoms with Gasteiger partial charge in [0, 0.05) is 35.5 Å². The molecule has 0 radical (unpaired) electrons. The fourth-order valence-electron chi connectivity index (χ4n) is 8.41. The Labute approximate surface area is 222 Å². The van der Waals surface area contributed by atoms with Gasteiger partial charge in [-0.2, -0.15) is 0 Å². The van der Waals surface area contributed by atoms with E-state index in [2.05, 4.69) is 58.4 Å². The van der Waals surface area contributed by atoms with Crippen LogP contribution in [-0.4, -0.2) is 39.7 Å². The zero-order valence-corrected chi connectivity index (χ0v) is 21.5. The summed E-state index contributed by atoms with van der Waals surface area (Å²) in [4.78, 5) is 6.37. The first-order valence-electron chi connectivity index (χ1n) is 14.2. The average Bonchev–Trinajstić information content (AvgIpc) is 3.58. The molecule has 2 N–H and O–H groups in total. The molecule has 5 nitrogen and oxygen atoms in total. The zero-order chi connectivity index (χ0) is 25.1. The Hall–Kier alpha value is -3.28. The summed E-state index contributed by atoms with van der Waals surface area (Å²) in [7, 11) is 0. The van der Waals surface area contributed by atoms with Crippen LogP contribution in [0.1, 0.15) is 53.3 Å². The summed E-state index contributed by atoms with van der Waals surface area (Å²) >= 11 is 0. The zero-order valence-electron chi connectivity index (χ0n) is 21.5. The van der Waals surface area contributed by atoms with Crippen molar-refractivity contribution in [1.29, 1.82) is 0 Å². The Balaban J connectivity index is 1.23. The molecule has 5 heteroatoms. The van der Waals surface area contributed by atoms with Gasteiger partial charge in [0.15, 0.2) is 17.6 Å². The standard InChI is InChI=1S/C33H32N2O3/c36-33-17-24-23-8-4-5-9-25(23)34-29(24)31-32(33)14-15-35(18-20-10-11-20)27(33)16-22-12-13-26(30(38-31)28(22)32)37-19-21-6-2-1-3-7-21/h1-9,12-13,20,27,31,34,36H,10-11,14-19H2/t27?,31-,32-,33+/m0/s1. The molecule has 4 atom stereocenters. The highest BCUT2D eigenvalue weighted by molar-refractivity contribution is 5.86. The molecule has 2 bridgehead atoms. The second kappa shape index (κ2) is 7.43. The number of aromatic nitrogens is 1. The van der Waals surface area contributed by atoms with E-state index in [0.717, 1.165) is 60.1 Å². The minimum atomic E-state index is -0.890. The Bertz CT molecular complexity index is 1590. The van der Waals surface area contributed by atoms with E-state index < -0.39 is 11.0 Å². The highest BCUT2D eigenvalue weighted by Gasteiger charge is 2.72. The van der Waals surface area contributed by atoms with Crippen LogP contribution in [0.2, 0.25) is 0 Å². The van der Waals surface area contributed by atoms with E-state index in [0.29, 0.717) is 13.0 Å². The summed E-state index contributed by atoms with van der Waals surface area (Å²) in [5.41, 5.74) is 5.80. The highest BCUT2D eigenvalue weighted by atomic mass is 16.5. The largest absolute Gasteiger partial charge is 0.485 e. The number of rotatable bonds is 5. The number of aliphatic hydroxyl groups is 1. The minimum Gasteiger partial charge on any atom is -0.485 e. The SMILES string of the molecule is O[C@@]12Cc3c([nH]c4ccccc34)[C@@H]3Oc4c(OCc5ccccc5)ccc5c4[C@@]31CCN(CC1CC1)C2C5. The van der Waals surface area contributed by atoms with Gasteiger partial charge in [-0.1, -0.05) is 54.6 Å². The van der Waals surface area contributed by atoms with Gasteiger partial charge in [0.25, 0.3) is 0 Å². The van der Waals surface area contributed by atoms with E-state index >= 15 is 0 Å². The number of para-hydroxylation sites is 1. The lowest BCUT2D eigenvalue weighted by Crippen LogP contribution is -2.74. The lowest BCUT2D eigenvalue weighted by Gasteiger charge is -2.62. The number of nitrogens with zero attached hydrogens (tertiary/aromatic N) is 1. The number of fused-ring (bicyclic) bond motifs is 4. The monoisotopic (exact) mass is 504 g/mol. The summed E-state index contributed by atoms with van der Waals surface area (Å²) in [6.45, 7) is 2.61. The van der Waals surface area contributed by atoms with E-state index in [1.165, 1.54) is 34.9 Å². The first-order chi connectivity index (χ1) is 18.7. The molecule has 1 saturated heterocycles. The summed E-state index contributed by atoms with van der Waals surface area (Å²) in [5.74, 6) is 2.43. The van der Waals surface area contributed by atoms with Crippen molar-refractivity contribution in [1.82, 2.24) is 9.88 Å². The molecule has 9 rings (SSSR count). The van der Waals surface area contributed by atoms with Crippen molar-refractivity contribution in [2.45, 2.75) is 61.9 Å². The van der Waals surface area contributed by atoms with Gasteiger partial charge in [-0.3, -0.25) is 4.90 Å². The predicted octanol–water partition coefficient (Wildman–Crippen LogP) is 5.45. The number of hydrogen-bond donors (Lipinski definition) is 2. The molecule has 5 aliphatic rings. The number of aromatic amines is 1. The van der Waals surface area contributed by atoms with E-state index in [9.17, 15) is 5.11 Å². The van der Waals surface area contributed by atoms with Crippen molar-refractivity contribution in [2.75, 3.05) is 13.1 Å². The van der Waals surface area contributed by atoms with E-state index in [1.807, 2.05) is 18.2 Å². The quantitative estimate of drug-likeness (QED) is 0.380. The van der Waals surface area contributed by atoms with Gasteiger partial charge < -0.3 is 19.6 Å². The molecule has 1 spiro atoms. The molecule has 192 valence electrons. The van der Waals surface area contributed by atoms with E-state index in [-0.39, 0.29) is 12.1 Å². The van der Waals surface area contributed by atoms with Crippen molar-refractivity contribution >= 4 is 10.9 Å². The highest BCUT2D eigenvalue weighted by Crippen LogP contribution is 2.69. The van der Waals surface area contributed by atoms with E-state index in [4.69, 9.17) is 9.47 Å². The maximum Gasteiger partial charge on any atom is 0.166 e. The first-order valence-corrected chi connectivity index (χ1v) is 14.2. The molecular formula is C33H32N2O3. The van der Waals surface area contributed by atoms with Crippen LogP contribution in [0.3, 0.4) is 0 Å². The molecule has 1 saturated carbocycles. The Morgan fingerprint density at radius 1 is 1.03 bits per heavy atom. The number of H-pyrrole nitrogens is 1. The van der Waals surface area contributed by atoms with Gasteiger partial charge in [0.2, 0.25) is 0 Å². The van der Waals surface area contributed by atoms with E-state index in [1.54, 1.807) is 0 Å². The second-order valence-electron chi connectivity index (χ2n) is 12.2. The van der Waals surface area contributed by atoms with Crippen LogP contribution in [0.25, 0.3) is 10.9 Å². The molecule has 0 amide bonds. The number of hydrogen-bond acceptors (Lipinski definition) is 4. The molecule has 1 aromatic heterocycles. The van der Waals surface area contributed by atoms with Gasteiger partial charge in [0.05, 0.1) is 16.7 Å². The molecule has 2 aliphatic heterocycles. The molecule has 3 aromatic carbocycles. The molecular weight excluding hydrogens is 472 g/mol. The molecule has 2 fully saturated rings. The summed E-state index contributed by atoms with van der Waals surface area (Å²) in [6, 6.07) is 23.3. The van der Waals surface area contributed by atoms with Crippen molar-refractivity contribution in [3.05, 3.63) is 94.7 Å². The normalized spacial score (nSPS) is 30.6. The lowest BCUT2D eigenvalue weighted by atomic mass is 9.49.